The fourth-order valence-corrected chi connectivity index (χ4v) is 3.22. The maximum Gasteiger partial charge on any atom is 0.192 e. The number of aryl methyl sites for hydroxylation is 2. The molecule has 4 aromatic rings. The Hall–Kier alpha value is -2.82. The molecule has 4 rings (SSSR count). The lowest BCUT2D eigenvalue weighted by Crippen LogP contribution is -2.04. The molecule has 0 aliphatic heterocycles. The Balaban J connectivity index is 2.49. The third-order valence-corrected chi connectivity index (χ3v) is 4.27. The summed E-state index contributed by atoms with van der Waals surface area (Å²) < 4.78 is 1.59. The van der Waals surface area contributed by atoms with Crippen LogP contribution in [-0.4, -0.2) is 19.8 Å². The van der Waals surface area contributed by atoms with Crippen LogP contribution in [0.15, 0.2) is 29.1 Å². The van der Waals surface area contributed by atoms with Crippen LogP contribution in [-0.2, 0) is 6.42 Å². The van der Waals surface area contributed by atoms with E-state index in [2.05, 4.69) is 5.10 Å². The van der Waals surface area contributed by atoms with Gasteiger partial charge in [0.1, 0.15) is 17.0 Å². The van der Waals surface area contributed by atoms with Crippen LogP contribution in [0.4, 0.5) is 0 Å². The Morgan fingerprint density at radius 2 is 1.86 bits per heavy atom. The van der Waals surface area contributed by atoms with Crippen molar-refractivity contribution in [2.24, 2.45) is 0 Å². The first-order chi connectivity index (χ1) is 10.5. The van der Waals surface area contributed by atoms with Crippen molar-refractivity contribution in [1.82, 2.24) is 9.61 Å². The second kappa shape index (κ2) is 4.10. The van der Waals surface area contributed by atoms with E-state index in [9.17, 15) is 15.0 Å². The van der Waals surface area contributed by atoms with Gasteiger partial charge in [-0.1, -0.05) is 19.1 Å². The first kappa shape index (κ1) is 12.9. The first-order valence-corrected chi connectivity index (χ1v) is 7.15. The van der Waals surface area contributed by atoms with Crippen LogP contribution in [0.2, 0.25) is 0 Å². The van der Waals surface area contributed by atoms with Gasteiger partial charge in [-0.25, -0.2) is 4.52 Å². The van der Waals surface area contributed by atoms with E-state index in [-0.39, 0.29) is 27.8 Å². The fourth-order valence-electron chi connectivity index (χ4n) is 3.22. The number of aromatic nitrogens is 2. The molecule has 0 bridgehead atoms. The summed E-state index contributed by atoms with van der Waals surface area (Å²) in [6, 6.07) is 6.48. The van der Waals surface area contributed by atoms with Gasteiger partial charge in [-0.05, 0) is 31.0 Å². The summed E-state index contributed by atoms with van der Waals surface area (Å²) >= 11 is 0. The number of phenolic OH excluding ortho intramolecular Hbond substituents is 1. The monoisotopic (exact) mass is 294 g/mol. The number of pyridine rings is 1. The number of hydrogen-bond donors (Lipinski definition) is 2. The molecule has 110 valence electrons. The van der Waals surface area contributed by atoms with E-state index >= 15 is 0 Å². The van der Waals surface area contributed by atoms with Crippen molar-refractivity contribution in [3.63, 3.8) is 0 Å². The van der Waals surface area contributed by atoms with Gasteiger partial charge in [0.25, 0.3) is 0 Å². The largest absolute Gasteiger partial charge is 0.506 e. The third kappa shape index (κ3) is 1.38. The number of nitrogens with zero attached hydrogens (tertiary/aromatic N) is 2. The lowest BCUT2D eigenvalue weighted by molar-refractivity contribution is 0.475. The van der Waals surface area contributed by atoms with Crippen molar-refractivity contribution in [3.8, 4) is 11.5 Å². The molecule has 2 aromatic carbocycles. The zero-order valence-corrected chi connectivity index (χ0v) is 12.2. The van der Waals surface area contributed by atoms with Gasteiger partial charge in [0.15, 0.2) is 5.43 Å². The van der Waals surface area contributed by atoms with Crippen LogP contribution >= 0.6 is 0 Å². The predicted octanol–water partition coefficient (Wildman–Crippen LogP) is 2.72. The molecule has 0 radical (unpaired) electrons. The molecule has 0 unspecified atom stereocenters. The molecule has 0 aliphatic rings. The summed E-state index contributed by atoms with van der Waals surface area (Å²) in [5, 5.41) is 27.1. The maximum absolute atomic E-state index is 12.2. The van der Waals surface area contributed by atoms with Crippen molar-refractivity contribution in [2.75, 3.05) is 0 Å². The van der Waals surface area contributed by atoms with E-state index in [1.165, 1.54) is 12.1 Å². The summed E-state index contributed by atoms with van der Waals surface area (Å²) in [5.74, 6) is -0.158. The van der Waals surface area contributed by atoms with Gasteiger partial charge in [-0.3, -0.25) is 4.79 Å². The first-order valence-electron chi connectivity index (χ1n) is 7.15. The summed E-state index contributed by atoms with van der Waals surface area (Å²) in [6.07, 6.45) is 0.722. The highest BCUT2D eigenvalue weighted by Gasteiger charge is 2.21. The molecule has 22 heavy (non-hydrogen) atoms. The predicted molar refractivity (Wildman–Crippen MR) is 85.1 cm³/mol. The lowest BCUT2D eigenvalue weighted by Gasteiger charge is -2.10. The molecule has 0 aliphatic carbocycles. The van der Waals surface area contributed by atoms with Crippen LogP contribution in [0.1, 0.15) is 18.2 Å². The van der Waals surface area contributed by atoms with Crippen LogP contribution in [0.25, 0.3) is 27.2 Å². The normalized spacial score (nSPS) is 11.9. The molecule has 2 aromatic heterocycles. The summed E-state index contributed by atoms with van der Waals surface area (Å²) in [4.78, 5) is 12.2. The topological polar surface area (TPSA) is 74.8 Å². The van der Waals surface area contributed by atoms with Crippen molar-refractivity contribution < 1.29 is 10.2 Å². The quantitative estimate of drug-likeness (QED) is 0.529. The molecule has 0 spiro atoms. The van der Waals surface area contributed by atoms with E-state index in [1.54, 1.807) is 4.52 Å². The van der Waals surface area contributed by atoms with Gasteiger partial charge in [0, 0.05) is 10.8 Å². The minimum absolute atomic E-state index is 0.0691. The molecule has 5 heteroatoms. The van der Waals surface area contributed by atoms with Gasteiger partial charge in [-0.15, -0.1) is 0 Å². The lowest BCUT2D eigenvalue weighted by atomic mass is 10.0. The second-order valence-corrected chi connectivity index (χ2v) is 5.52. The Kier molecular flexibility index (Phi) is 2.40. The minimum atomic E-state index is -0.332. The SMILES string of the molecule is CCc1nn2c3c(O)ccc(=O)c3c(O)c3c(C)ccc1c32. The number of fused-ring (bicyclic) bond motifs is 2. The highest BCUT2D eigenvalue weighted by molar-refractivity contribution is 6.10. The third-order valence-electron chi connectivity index (χ3n) is 4.27. The highest BCUT2D eigenvalue weighted by atomic mass is 16.3. The van der Waals surface area contributed by atoms with E-state index in [1.807, 2.05) is 26.0 Å². The number of benzene rings is 2. The second-order valence-electron chi connectivity index (χ2n) is 5.52. The highest BCUT2D eigenvalue weighted by Crippen LogP contribution is 2.39. The standard InChI is InChI=1S/C17H14N2O3/c1-3-10-9-5-4-8(2)13-15(9)19(18-10)16-12(21)7-6-11(20)14(16)17(13)22/h4-7,21-22H,3H2,1-2H3. The molecule has 0 fully saturated rings. The van der Waals surface area contributed by atoms with Crippen LogP contribution in [0.5, 0.6) is 11.5 Å². The molecule has 0 saturated carbocycles. The van der Waals surface area contributed by atoms with Gasteiger partial charge < -0.3 is 10.2 Å². The zero-order valence-electron chi connectivity index (χ0n) is 12.2. The molecule has 2 N–H and O–H groups in total. The number of aromatic hydroxyl groups is 2. The van der Waals surface area contributed by atoms with Crippen molar-refractivity contribution in [3.05, 3.63) is 45.7 Å². The number of hydrogen-bond acceptors (Lipinski definition) is 4. The van der Waals surface area contributed by atoms with E-state index < -0.39 is 0 Å². The maximum atomic E-state index is 12.2. The Bertz CT molecular complexity index is 1110. The number of rotatable bonds is 1. The fraction of sp³-hybridized carbons (Fsp3) is 0.176. The Morgan fingerprint density at radius 3 is 2.59 bits per heavy atom. The minimum Gasteiger partial charge on any atom is -0.506 e. The van der Waals surface area contributed by atoms with Crippen molar-refractivity contribution >= 4 is 27.2 Å². The summed E-state index contributed by atoms with van der Waals surface area (Å²) in [6.45, 7) is 3.88. The molecule has 0 atom stereocenters. The van der Waals surface area contributed by atoms with Crippen molar-refractivity contribution in [2.45, 2.75) is 20.3 Å². The van der Waals surface area contributed by atoms with Gasteiger partial charge >= 0.3 is 0 Å². The molecule has 5 nitrogen and oxygen atoms in total. The van der Waals surface area contributed by atoms with Crippen LogP contribution in [0.3, 0.4) is 0 Å². The smallest absolute Gasteiger partial charge is 0.192 e. The van der Waals surface area contributed by atoms with Crippen LogP contribution in [0, 0.1) is 6.92 Å². The van der Waals surface area contributed by atoms with Gasteiger partial charge in [0.05, 0.1) is 16.6 Å². The summed E-state index contributed by atoms with van der Waals surface area (Å²) in [7, 11) is 0. The average molecular weight is 294 g/mol. The molecule has 2 heterocycles. The molecular weight excluding hydrogens is 280 g/mol. The van der Waals surface area contributed by atoms with Crippen molar-refractivity contribution in [1.29, 1.82) is 0 Å². The Morgan fingerprint density at radius 1 is 1.09 bits per heavy atom. The average Bonchev–Trinajstić information content (AvgIpc) is 2.87. The Labute approximate surface area is 125 Å². The summed E-state index contributed by atoms with van der Waals surface area (Å²) in [5.41, 5.74) is 2.39. The zero-order chi connectivity index (χ0) is 15.6. The van der Waals surface area contributed by atoms with E-state index in [0.717, 1.165) is 28.6 Å². The number of phenols is 1. The van der Waals surface area contributed by atoms with Gasteiger partial charge in [-0.2, -0.15) is 5.10 Å². The van der Waals surface area contributed by atoms with Crippen LogP contribution < -0.4 is 5.43 Å². The van der Waals surface area contributed by atoms with Gasteiger partial charge in [0.2, 0.25) is 0 Å². The molecule has 0 amide bonds. The van der Waals surface area contributed by atoms with E-state index in [4.69, 9.17) is 0 Å². The van der Waals surface area contributed by atoms with E-state index in [0.29, 0.717) is 5.39 Å². The molecular formula is C17H14N2O3. The molecule has 0 saturated heterocycles.